The quantitative estimate of drug-likeness (QED) is 0.194. The Bertz CT molecular complexity index is 1620. The van der Waals surface area contributed by atoms with Gasteiger partial charge in [0.15, 0.2) is 0 Å². The Balaban J connectivity index is 1.82. The van der Waals surface area contributed by atoms with Crippen LogP contribution in [0, 0.1) is 19.8 Å². The van der Waals surface area contributed by atoms with Crippen molar-refractivity contribution in [1.29, 1.82) is 0 Å². The summed E-state index contributed by atoms with van der Waals surface area (Å²) in [5.74, 6) is 0.757. The summed E-state index contributed by atoms with van der Waals surface area (Å²) in [5.41, 5.74) is 3.03. The number of fused-ring (bicyclic) bond motifs is 1. The van der Waals surface area contributed by atoms with Crippen LogP contribution in [0.3, 0.4) is 0 Å². The summed E-state index contributed by atoms with van der Waals surface area (Å²) in [5, 5.41) is 6.02. The van der Waals surface area contributed by atoms with Crippen LogP contribution in [0.1, 0.15) is 25.0 Å². The Morgan fingerprint density at radius 1 is 0.711 bits per heavy atom. The lowest BCUT2D eigenvalue weighted by Crippen LogP contribution is -2.21. The van der Waals surface area contributed by atoms with E-state index in [1.807, 2.05) is 24.3 Å². The van der Waals surface area contributed by atoms with Crippen molar-refractivity contribution in [3.05, 3.63) is 126 Å². The van der Waals surface area contributed by atoms with Crippen LogP contribution in [0.5, 0.6) is 0 Å². The molecule has 0 saturated heterocycles. The lowest BCUT2D eigenvalue weighted by Gasteiger charge is -2.22. The Hall–Kier alpha value is -3.26. The molecule has 0 amide bonds. The van der Waals surface area contributed by atoms with Crippen molar-refractivity contribution in [2.45, 2.75) is 32.6 Å². The summed E-state index contributed by atoms with van der Waals surface area (Å²) in [6.07, 6.45) is 0. The second-order valence-corrected chi connectivity index (χ2v) is 14.7. The highest BCUT2D eigenvalue weighted by atomic mass is 32.2. The van der Waals surface area contributed by atoms with Crippen LogP contribution in [0.4, 0.5) is 5.69 Å². The summed E-state index contributed by atoms with van der Waals surface area (Å²) in [4.78, 5) is 0.826. The molecule has 0 N–H and O–H groups in total. The smallest absolute Gasteiger partial charge is 0.0818 e. The molecule has 0 bridgehead atoms. The van der Waals surface area contributed by atoms with Crippen molar-refractivity contribution in [2.24, 2.45) is 10.3 Å². The van der Waals surface area contributed by atoms with Crippen molar-refractivity contribution in [2.75, 3.05) is 5.75 Å². The minimum Gasteiger partial charge on any atom is -0.244 e. The van der Waals surface area contributed by atoms with Crippen molar-refractivity contribution < 1.29 is 4.21 Å². The Morgan fingerprint density at radius 3 is 1.82 bits per heavy atom. The Morgan fingerprint density at radius 2 is 1.26 bits per heavy atom. The molecular formula is C34H34NOPS. The molecule has 5 aromatic carbocycles. The van der Waals surface area contributed by atoms with Crippen molar-refractivity contribution in [1.82, 2.24) is 0 Å². The average Bonchev–Trinajstić information content (AvgIpc) is 2.89. The largest absolute Gasteiger partial charge is 0.244 e. The lowest BCUT2D eigenvalue weighted by atomic mass is 10.1. The van der Waals surface area contributed by atoms with E-state index in [0.29, 0.717) is 5.75 Å². The van der Waals surface area contributed by atoms with Gasteiger partial charge in [0, 0.05) is 16.0 Å². The van der Waals surface area contributed by atoms with Gasteiger partial charge in [-0.15, -0.1) is 0 Å². The summed E-state index contributed by atoms with van der Waals surface area (Å²) >= 11 is 0. The molecule has 4 heteroatoms. The first kappa shape index (κ1) is 26.4. The van der Waals surface area contributed by atoms with Gasteiger partial charge >= 0.3 is 0 Å². The van der Waals surface area contributed by atoms with E-state index < -0.39 is 17.7 Å². The summed E-state index contributed by atoms with van der Waals surface area (Å²) in [6.45, 7) is 8.37. The van der Waals surface area contributed by atoms with E-state index in [1.54, 1.807) is 0 Å². The maximum absolute atomic E-state index is 14.8. The van der Waals surface area contributed by atoms with Gasteiger partial charge in [-0.05, 0) is 78.3 Å². The maximum Gasteiger partial charge on any atom is 0.0818 e. The summed E-state index contributed by atoms with van der Waals surface area (Å²) < 4.78 is 20.0. The van der Waals surface area contributed by atoms with Gasteiger partial charge < -0.3 is 0 Å². The molecule has 2 nitrogen and oxygen atoms in total. The van der Waals surface area contributed by atoms with Gasteiger partial charge in [-0.1, -0.05) is 111 Å². The molecule has 5 aromatic rings. The summed E-state index contributed by atoms with van der Waals surface area (Å²) in [6, 6.07) is 40.4. The number of aryl methyl sites for hydroxylation is 2. The number of hydrogen-bond donors (Lipinski definition) is 0. The highest BCUT2D eigenvalue weighted by Crippen LogP contribution is 2.39. The van der Waals surface area contributed by atoms with E-state index in [0.717, 1.165) is 32.5 Å². The molecule has 0 aromatic heterocycles. The molecule has 192 valence electrons. The van der Waals surface area contributed by atoms with E-state index in [2.05, 4.69) is 119 Å². The van der Waals surface area contributed by atoms with Crippen LogP contribution in [0.25, 0.3) is 10.8 Å². The van der Waals surface area contributed by atoms with Crippen LogP contribution in [0.15, 0.2) is 125 Å². The first-order valence-electron chi connectivity index (χ1n) is 13.1. The predicted octanol–water partition coefficient (Wildman–Crippen LogP) is 8.03. The zero-order valence-electron chi connectivity index (χ0n) is 22.5. The van der Waals surface area contributed by atoms with Gasteiger partial charge in [0.05, 0.1) is 15.4 Å². The number of benzene rings is 5. The normalized spacial score (nSPS) is 13.1. The SMILES string of the molecule is Cc1cc(C)cc(S(=O)(CC(C)C)=Nc2cccc3cccc(P(c4ccccc4)c4ccccc4)c23)c1. The van der Waals surface area contributed by atoms with Crippen LogP contribution in [-0.2, 0) is 9.73 Å². The third kappa shape index (κ3) is 5.60. The van der Waals surface area contributed by atoms with Gasteiger partial charge in [-0.2, -0.15) is 4.36 Å². The second kappa shape index (κ2) is 11.2. The third-order valence-corrected chi connectivity index (χ3v) is 11.6. The van der Waals surface area contributed by atoms with Crippen LogP contribution in [0.2, 0.25) is 0 Å². The van der Waals surface area contributed by atoms with E-state index >= 15 is 0 Å². The van der Waals surface area contributed by atoms with E-state index in [4.69, 9.17) is 4.36 Å². The number of hydrogen-bond acceptors (Lipinski definition) is 2. The van der Waals surface area contributed by atoms with Gasteiger partial charge in [0.2, 0.25) is 0 Å². The van der Waals surface area contributed by atoms with Crippen LogP contribution >= 0.6 is 7.92 Å². The number of nitrogens with zero attached hydrogens (tertiary/aromatic N) is 1. The zero-order valence-corrected chi connectivity index (χ0v) is 24.2. The van der Waals surface area contributed by atoms with Crippen molar-refractivity contribution >= 4 is 50.0 Å². The fraction of sp³-hybridized carbons (Fsp3) is 0.176. The second-order valence-electron chi connectivity index (χ2n) is 10.3. The van der Waals surface area contributed by atoms with Gasteiger partial charge in [0.1, 0.15) is 0 Å². The van der Waals surface area contributed by atoms with E-state index in [1.165, 1.54) is 15.9 Å². The molecule has 0 aliphatic carbocycles. The zero-order chi connectivity index (χ0) is 26.7. The Kier molecular flexibility index (Phi) is 7.79. The van der Waals surface area contributed by atoms with Gasteiger partial charge in [-0.3, -0.25) is 0 Å². The molecule has 0 radical (unpaired) electrons. The Labute approximate surface area is 228 Å². The van der Waals surface area contributed by atoms with Crippen molar-refractivity contribution in [3.63, 3.8) is 0 Å². The topological polar surface area (TPSA) is 29.4 Å². The van der Waals surface area contributed by atoms with Gasteiger partial charge in [0.25, 0.3) is 0 Å². The lowest BCUT2D eigenvalue weighted by molar-refractivity contribution is 0.657. The molecule has 5 rings (SSSR count). The van der Waals surface area contributed by atoms with Crippen molar-refractivity contribution in [3.8, 4) is 0 Å². The van der Waals surface area contributed by atoms with E-state index in [-0.39, 0.29) is 5.92 Å². The molecule has 0 aliphatic rings. The predicted molar refractivity (Wildman–Crippen MR) is 167 cm³/mol. The minimum absolute atomic E-state index is 0.243. The fourth-order valence-corrected chi connectivity index (χ4v) is 10.0. The average molecular weight is 536 g/mol. The molecular weight excluding hydrogens is 501 g/mol. The first-order chi connectivity index (χ1) is 18.3. The highest BCUT2D eigenvalue weighted by Gasteiger charge is 2.22. The molecule has 0 saturated carbocycles. The molecule has 38 heavy (non-hydrogen) atoms. The molecule has 0 fully saturated rings. The molecule has 1 unspecified atom stereocenters. The third-order valence-electron chi connectivity index (χ3n) is 6.50. The van der Waals surface area contributed by atoms with Gasteiger partial charge in [-0.25, -0.2) is 4.21 Å². The molecule has 0 heterocycles. The van der Waals surface area contributed by atoms with Crippen LogP contribution in [-0.4, -0.2) is 9.96 Å². The summed E-state index contributed by atoms with van der Waals surface area (Å²) in [7, 11) is -3.53. The molecule has 0 aliphatic heterocycles. The molecule has 1 atom stereocenters. The van der Waals surface area contributed by atoms with Crippen LogP contribution < -0.4 is 15.9 Å². The molecule has 0 spiro atoms. The first-order valence-corrected chi connectivity index (χ1v) is 16.1. The fourth-order valence-electron chi connectivity index (χ4n) is 5.06. The monoisotopic (exact) mass is 535 g/mol. The maximum atomic E-state index is 14.8. The highest BCUT2D eigenvalue weighted by molar-refractivity contribution is 7.93. The van der Waals surface area contributed by atoms with E-state index in [9.17, 15) is 4.21 Å². The standard InChI is InChI=1S/C34H34NOPS/c1-25(2)24-38(36,31-22-26(3)21-27(4)23-31)35-32-19-11-13-28-14-12-20-33(34(28)32)37(29-15-7-5-8-16-29)30-17-9-6-10-18-30/h5-23,25H,24H2,1-4H3. The minimum atomic E-state index is -2.70. The number of rotatable bonds is 7.